The van der Waals surface area contributed by atoms with E-state index in [2.05, 4.69) is 10.3 Å². The molecule has 6 rings (SSSR count). The molecule has 41 heavy (non-hydrogen) atoms. The molecule has 2 aliphatic rings. The van der Waals surface area contributed by atoms with E-state index in [0.717, 1.165) is 24.5 Å². The molecular weight excluding hydrogens is 534 g/mol. The Morgan fingerprint density at radius 2 is 1.90 bits per heavy atom. The molecule has 4 aromatic rings. The molecule has 2 aromatic carbocycles. The van der Waals surface area contributed by atoms with E-state index in [1.54, 1.807) is 26.4 Å². The Bertz CT molecular complexity index is 1670. The fourth-order valence-electron chi connectivity index (χ4n) is 5.64. The van der Waals surface area contributed by atoms with Gasteiger partial charge in [0.2, 0.25) is 11.9 Å². The Kier molecular flexibility index (Phi) is 6.92. The fourth-order valence-corrected chi connectivity index (χ4v) is 5.64. The van der Waals surface area contributed by atoms with Crippen molar-refractivity contribution in [3.8, 4) is 11.5 Å². The number of nitrogens with one attached hydrogen (secondary N) is 1. The molecule has 1 aliphatic carbocycles. The summed E-state index contributed by atoms with van der Waals surface area (Å²) in [5, 5.41) is 8.13. The second-order valence-electron chi connectivity index (χ2n) is 10.7. The number of hydrogen-bond donors (Lipinski definition) is 1. The number of rotatable bonds is 7. The van der Waals surface area contributed by atoms with Gasteiger partial charge in [-0.25, -0.2) is 18.7 Å². The third-order valence-corrected chi connectivity index (χ3v) is 8.07. The van der Waals surface area contributed by atoms with Gasteiger partial charge < -0.3 is 19.7 Å². The van der Waals surface area contributed by atoms with Crippen LogP contribution in [0.4, 0.5) is 14.7 Å². The van der Waals surface area contributed by atoms with Crippen LogP contribution in [-0.2, 0) is 16.1 Å². The standard InChI is InChI=1S/C29H30F2N6O4/c1-15-4-5-17(14-36(15)28(39)18-8-20(38)9-18)26-34-27-22-10-19(30)11-23(31)25(22)33-29(37(27)35-26)32-13-16-6-7-21(40-2)12-24(16)41-3/h6-7,10-12,15,17-18H,4-5,8-9,13-14H2,1-3H3,(H,32,33)/t15-,17+/m0/s1. The number of hydrogen-bond acceptors (Lipinski definition) is 8. The van der Waals surface area contributed by atoms with E-state index < -0.39 is 11.6 Å². The largest absolute Gasteiger partial charge is 0.497 e. The van der Waals surface area contributed by atoms with E-state index in [1.807, 2.05) is 17.9 Å². The number of ether oxygens (including phenoxy) is 2. The minimum absolute atomic E-state index is 0.0161. The van der Waals surface area contributed by atoms with Gasteiger partial charge in [-0.15, -0.1) is 5.10 Å². The summed E-state index contributed by atoms with van der Waals surface area (Å²) in [6.07, 6.45) is 2.08. The highest BCUT2D eigenvalue weighted by Gasteiger charge is 2.40. The fraction of sp³-hybridized carbons (Fsp3) is 0.414. The van der Waals surface area contributed by atoms with Crippen LogP contribution in [0.5, 0.6) is 11.5 Å². The highest BCUT2D eigenvalue weighted by molar-refractivity contribution is 5.96. The maximum Gasteiger partial charge on any atom is 0.226 e. The zero-order valence-corrected chi connectivity index (χ0v) is 23.0. The normalized spacial score (nSPS) is 19.4. The number of carbonyl (C=O) groups is 2. The molecule has 1 amide bonds. The summed E-state index contributed by atoms with van der Waals surface area (Å²) < 4.78 is 41.4. The highest BCUT2D eigenvalue weighted by Crippen LogP contribution is 2.34. The third kappa shape index (κ3) is 4.91. The predicted molar refractivity (Wildman–Crippen MR) is 146 cm³/mol. The first-order valence-electron chi connectivity index (χ1n) is 13.6. The molecule has 3 heterocycles. The zero-order valence-electron chi connectivity index (χ0n) is 23.0. The number of fused-ring (bicyclic) bond motifs is 3. The van der Waals surface area contributed by atoms with Gasteiger partial charge in [0, 0.05) is 55.6 Å². The lowest BCUT2D eigenvalue weighted by atomic mass is 9.81. The van der Waals surface area contributed by atoms with Gasteiger partial charge in [0.05, 0.1) is 25.5 Å². The van der Waals surface area contributed by atoms with Crippen molar-refractivity contribution in [3.05, 3.63) is 53.4 Å². The molecule has 1 saturated heterocycles. The van der Waals surface area contributed by atoms with E-state index in [0.29, 0.717) is 36.7 Å². The number of amides is 1. The van der Waals surface area contributed by atoms with Gasteiger partial charge in [-0.1, -0.05) is 0 Å². The van der Waals surface area contributed by atoms with E-state index in [4.69, 9.17) is 19.6 Å². The second kappa shape index (κ2) is 10.6. The Labute approximate surface area is 234 Å². The lowest BCUT2D eigenvalue weighted by Gasteiger charge is -2.40. The third-order valence-electron chi connectivity index (χ3n) is 8.07. The zero-order chi connectivity index (χ0) is 28.8. The first kappa shape index (κ1) is 26.9. The van der Waals surface area contributed by atoms with E-state index >= 15 is 0 Å². The minimum Gasteiger partial charge on any atom is -0.497 e. The van der Waals surface area contributed by atoms with Crippen molar-refractivity contribution in [3.63, 3.8) is 0 Å². The molecular formula is C29H30F2N6O4. The van der Waals surface area contributed by atoms with E-state index in [1.165, 1.54) is 10.6 Å². The van der Waals surface area contributed by atoms with Gasteiger partial charge in [0.25, 0.3) is 0 Å². The molecule has 0 radical (unpaired) electrons. The van der Waals surface area contributed by atoms with Crippen molar-refractivity contribution in [2.24, 2.45) is 5.92 Å². The molecule has 1 aliphatic heterocycles. The summed E-state index contributed by atoms with van der Waals surface area (Å²) in [7, 11) is 3.12. The van der Waals surface area contributed by atoms with Crippen LogP contribution in [0, 0.1) is 17.6 Å². The summed E-state index contributed by atoms with van der Waals surface area (Å²) in [4.78, 5) is 35.6. The van der Waals surface area contributed by atoms with Crippen molar-refractivity contribution < 1.29 is 27.8 Å². The second-order valence-corrected chi connectivity index (χ2v) is 10.7. The molecule has 10 nitrogen and oxygen atoms in total. The van der Waals surface area contributed by atoms with Gasteiger partial charge in [-0.3, -0.25) is 9.59 Å². The van der Waals surface area contributed by atoms with E-state index in [9.17, 15) is 18.4 Å². The van der Waals surface area contributed by atoms with Crippen LogP contribution in [-0.4, -0.2) is 63.0 Å². The van der Waals surface area contributed by atoms with Crippen LogP contribution in [0.15, 0.2) is 30.3 Å². The van der Waals surface area contributed by atoms with Crippen LogP contribution in [0.1, 0.15) is 49.9 Å². The number of piperidine rings is 1. The summed E-state index contributed by atoms with van der Waals surface area (Å²) in [5.74, 6) is 0.00581. The van der Waals surface area contributed by atoms with Crippen molar-refractivity contribution >= 4 is 34.2 Å². The number of carbonyl (C=O) groups excluding carboxylic acids is 2. The van der Waals surface area contributed by atoms with Gasteiger partial charge in [-0.05, 0) is 38.0 Å². The number of nitrogens with zero attached hydrogens (tertiary/aromatic N) is 5. The van der Waals surface area contributed by atoms with Crippen molar-refractivity contribution in [1.82, 2.24) is 24.5 Å². The Hall–Kier alpha value is -4.35. The topological polar surface area (TPSA) is 111 Å². The number of benzene rings is 2. The van der Waals surface area contributed by atoms with Gasteiger partial charge >= 0.3 is 0 Å². The quantitative estimate of drug-likeness (QED) is 0.355. The average Bonchev–Trinajstić information content (AvgIpc) is 3.40. The smallest absolute Gasteiger partial charge is 0.226 e. The maximum absolute atomic E-state index is 14.9. The number of Topliss-reactive ketones (excluding diaryl/α,β-unsaturated/α-hetero) is 1. The van der Waals surface area contributed by atoms with E-state index in [-0.39, 0.29) is 58.6 Å². The lowest BCUT2D eigenvalue weighted by Crippen LogP contribution is -2.50. The molecule has 2 atom stereocenters. The molecule has 0 unspecified atom stereocenters. The molecule has 214 valence electrons. The van der Waals surface area contributed by atoms with Crippen LogP contribution in [0.25, 0.3) is 16.6 Å². The minimum atomic E-state index is -0.810. The van der Waals surface area contributed by atoms with Crippen molar-refractivity contribution in [1.29, 1.82) is 0 Å². The number of likely N-dealkylation sites (tertiary alicyclic amines) is 1. The average molecular weight is 565 g/mol. The number of methoxy groups -OCH3 is 2. The summed E-state index contributed by atoms with van der Waals surface area (Å²) in [6, 6.07) is 7.42. The SMILES string of the molecule is COc1ccc(CNc2nc3c(F)cc(F)cc3c3nc([C@@H]4CC[C@H](C)N(C(=O)C5CC(=O)C5)C4)nn23)c(OC)c1. The monoisotopic (exact) mass is 564 g/mol. The number of ketones is 1. The number of halogens is 2. The lowest BCUT2D eigenvalue weighted by molar-refractivity contribution is -0.147. The molecule has 12 heteroatoms. The summed E-state index contributed by atoms with van der Waals surface area (Å²) >= 11 is 0. The van der Waals surface area contributed by atoms with Crippen LogP contribution < -0.4 is 14.8 Å². The first-order chi connectivity index (χ1) is 19.7. The molecule has 0 bridgehead atoms. The predicted octanol–water partition coefficient (Wildman–Crippen LogP) is 4.26. The molecule has 2 aromatic heterocycles. The highest BCUT2D eigenvalue weighted by atomic mass is 19.1. The molecule has 2 fully saturated rings. The van der Waals surface area contributed by atoms with Crippen molar-refractivity contribution in [2.75, 3.05) is 26.1 Å². The van der Waals surface area contributed by atoms with Gasteiger partial charge in [0.15, 0.2) is 17.3 Å². The van der Waals surface area contributed by atoms with Crippen LogP contribution in [0.2, 0.25) is 0 Å². The molecule has 1 N–H and O–H groups in total. The molecule has 1 saturated carbocycles. The Morgan fingerprint density at radius 3 is 2.63 bits per heavy atom. The van der Waals surface area contributed by atoms with Crippen LogP contribution in [0.3, 0.4) is 0 Å². The Balaban J connectivity index is 1.36. The van der Waals surface area contributed by atoms with Crippen molar-refractivity contribution in [2.45, 2.75) is 51.1 Å². The van der Waals surface area contributed by atoms with Crippen LogP contribution >= 0.6 is 0 Å². The first-order valence-corrected chi connectivity index (χ1v) is 13.6. The summed E-state index contributed by atoms with van der Waals surface area (Å²) in [5.41, 5.74) is 1.02. The van der Waals surface area contributed by atoms with Gasteiger partial charge in [-0.2, -0.15) is 4.52 Å². The van der Waals surface area contributed by atoms with Gasteiger partial charge in [0.1, 0.15) is 28.6 Å². The number of aromatic nitrogens is 4. The molecule has 0 spiro atoms. The number of anilines is 1. The summed E-state index contributed by atoms with van der Waals surface area (Å²) in [6.45, 7) is 2.67. The Morgan fingerprint density at radius 1 is 1.10 bits per heavy atom. The maximum atomic E-state index is 14.9.